The molecule has 1 fully saturated rings. The number of amides is 1. The zero-order valence-corrected chi connectivity index (χ0v) is 25.0. The van der Waals surface area contributed by atoms with Crippen LogP contribution in [0.3, 0.4) is 0 Å². The number of alkyl halides is 3. The second-order valence-corrected chi connectivity index (χ2v) is 11.7. The van der Waals surface area contributed by atoms with E-state index < -0.39 is 40.8 Å². The molecule has 1 amide bonds. The van der Waals surface area contributed by atoms with E-state index in [1.807, 2.05) is 11.9 Å². The van der Waals surface area contributed by atoms with Crippen LogP contribution in [0.1, 0.15) is 34.6 Å². The van der Waals surface area contributed by atoms with Gasteiger partial charge in [0, 0.05) is 26.2 Å². The monoisotopic (exact) mass is 602 g/mol. The number of ether oxygens (including phenoxy) is 1. The first-order valence-corrected chi connectivity index (χ1v) is 13.8. The van der Waals surface area contributed by atoms with Crippen molar-refractivity contribution in [3.63, 3.8) is 0 Å². The van der Waals surface area contributed by atoms with Crippen molar-refractivity contribution < 1.29 is 32.5 Å². The summed E-state index contributed by atoms with van der Waals surface area (Å²) in [6, 6.07) is 7.84. The Kier molecular flexibility index (Phi) is 9.26. The molecule has 0 saturated carbocycles. The molecule has 2 heterocycles. The molecule has 1 aliphatic heterocycles. The van der Waals surface area contributed by atoms with E-state index in [0.29, 0.717) is 24.1 Å². The van der Waals surface area contributed by atoms with Gasteiger partial charge in [-0.2, -0.15) is 0 Å². The van der Waals surface area contributed by atoms with Crippen LogP contribution in [0.25, 0.3) is 16.6 Å². The van der Waals surface area contributed by atoms with E-state index in [9.17, 15) is 27.9 Å². The lowest BCUT2D eigenvalue weighted by Crippen LogP contribution is -2.51. The molecule has 1 radical (unpaired) electrons. The molecule has 0 aliphatic carbocycles. The summed E-state index contributed by atoms with van der Waals surface area (Å²) in [5, 5.41) is 13.1. The molecular formula is C29H36BF3N5O5. The smallest absolute Gasteiger partial charge is 0.427 e. The highest BCUT2D eigenvalue weighted by Crippen LogP contribution is 2.32. The third-order valence-corrected chi connectivity index (χ3v) is 7.94. The molecule has 0 bridgehead atoms. The number of anilines is 1. The van der Waals surface area contributed by atoms with Crippen molar-refractivity contribution >= 4 is 35.4 Å². The minimum atomic E-state index is -4.99. The zero-order valence-electron chi connectivity index (χ0n) is 25.0. The van der Waals surface area contributed by atoms with Crippen molar-refractivity contribution in [1.29, 1.82) is 0 Å². The number of likely N-dealkylation sites (N-methyl/N-ethyl adjacent to an activating group) is 1. The number of piperazine rings is 1. The van der Waals surface area contributed by atoms with Crippen LogP contribution in [-0.2, 0) is 9.45 Å². The van der Waals surface area contributed by atoms with E-state index in [1.54, 1.807) is 52.8 Å². The molecular weight excluding hydrogens is 566 g/mol. The highest BCUT2D eigenvalue weighted by Gasteiger charge is 2.36. The molecule has 2 aromatic carbocycles. The van der Waals surface area contributed by atoms with Gasteiger partial charge in [-0.3, -0.25) is 19.1 Å². The summed E-state index contributed by atoms with van der Waals surface area (Å²) in [5.74, 6) is -1.11. The Hall–Kier alpha value is -3.46. The van der Waals surface area contributed by atoms with Crippen molar-refractivity contribution in [2.45, 2.75) is 58.2 Å². The molecule has 1 atom stereocenters. The van der Waals surface area contributed by atoms with E-state index in [1.165, 1.54) is 30.5 Å². The topological polar surface area (TPSA) is 109 Å². The number of rotatable bonds is 9. The predicted octanol–water partition coefficient (Wildman–Crippen LogP) is 2.67. The molecule has 3 aromatic rings. The predicted molar refractivity (Wildman–Crippen MR) is 158 cm³/mol. The van der Waals surface area contributed by atoms with Gasteiger partial charge in [0.2, 0.25) is 5.91 Å². The van der Waals surface area contributed by atoms with Gasteiger partial charge in [0.1, 0.15) is 6.33 Å². The van der Waals surface area contributed by atoms with Gasteiger partial charge in [-0.05, 0) is 72.0 Å². The van der Waals surface area contributed by atoms with Gasteiger partial charge in [0.05, 0.1) is 39.5 Å². The zero-order chi connectivity index (χ0) is 31.7. The maximum Gasteiger partial charge on any atom is 0.573 e. The van der Waals surface area contributed by atoms with E-state index in [2.05, 4.69) is 19.9 Å². The van der Waals surface area contributed by atoms with Crippen LogP contribution >= 0.6 is 0 Å². The highest BCUT2D eigenvalue weighted by molar-refractivity contribution is 6.47. The van der Waals surface area contributed by atoms with Crippen LogP contribution in [0.4, 0.5) is 18.9 Å². The fraction of sp³-hybridized carbons (Fsp3) is 0.483. The Morgan fingerprint density at radius 1 is 1.07 bits per heavy atom. The van der Waals surface area contributed by atoms with Gasteiger partial charge in [-0.15, -0.1) is 13.2 Å². The Labute approximate surface area is 248 Å². The number of nitrogens with zero attached hydrogens (tertiary/aromatic N) is 4. The van der Waals surface area contributed by atoms with E-state index in [-0.39, 0.29) is 16.8 Å². The quantitative estimate of drug-likeness (QED) is 0.360. The first-order chi connectivity index (χ1) is 19.9. The first-order valence-electron chi connectivity index (χ1n) is 13.8. The number of halogens is 3. The van der Waals surface area contributed by atoms with E-state index in [4.69, 9.17) is 4.65 Å². The molecule has 231 valence electrons. The molecule has 2 N–H and O–H groups in total. The van der Waals surface area contributed by atoms with Crippen molar-refractivity contribution in [3.8, 4) is 11.4 Å². The Bertz CT molecular complexity index is 1530. The van der Waals surface area contributed by atoms with Crippen molar-refractivity contribution in [2.75, 3.05) is 38.5 Å². The molecule has 14 heteroatoms. The summed E-state index contributed by atoms with van der Waals surface area (Å²) in [4.78, 5) is 35.0. The Morgan fingerprint density at radius 3 is 2.37 bits per heavy atom. The third-order valence-electron chi connectivity index (χ3n) is 7.94. The molecule has 0 spiro atoms. The molecule has 1 aromatic heterocycles. The second-order valence-electron chi connectivity index (χ2n) is 11.7. The number of nitrogens with one attached hydrogen (secondary N) is 1. The number of benzene rings is 2. The van der Waals surface area contributed by atoms with Crippen LogP contribution in [0.15, 0.2) is 47.5 Å². The van der Waals surface area contributed by atoms with Crippen LogP contribution < -0.4 is 21.1 Å². The van der Waals surface area contributed by atoms with Crippen LogP contribution in [0.5, 0.6) is 5.75 Å². The molecule has 1 aliphatic rings. The van der Waals surface area contributed by atoms with E-state index >= 15 is 0 Å². The van der Waals surface area contributed by atoms with Gasteiger partial charge in [0.15, 0.2) is 5.75 Å². The fourth-order valence-corrected chi connectivity index (χ4v) is 4.35. The number of hydrogen-bond acceptors (Lipinski definition) is 8. The van der Waals surface area contributed by atoms with Gasteiger partial charge in [-0.1, -0.05) is 11.5 Å². The minimum Gasteiger partial charge on any atom is -0.427 e. The van der Waals surface area contributed by atoms with Gasteiger partial charge in [-0.25, -0.2) is 4.98 Å². The number of carbonyl (C=O) groups is 1. The first kappa shape index (κ1) is 32.5. The lowest BCUT2D eigenvalue weighted by Gasteiger charge is -2.37. The number of carbonyl (C=O) groups excluding carboxylic acids is 1. The standard InChI is InChI=1S/C29H36BF3N5O5/c1-18(37-13-11-36(6)12-14-37)25(39)35-23-16-20(8-10-24(23)42-29(31,32)33)38-17-34-22-15-19(7-9-21(22)26(38)40)30-43-28(4,5)27(2,3)41/h7-10,15-18,41H,11-14H2,1-6H3,(H,35,39). The van der Waals surface area contributed by atoms with Crippen LogP contribution in [0, 0.1) is 0 Å². The van der Waals surface area contributed by atoms with Gasteiger partial charge in [0.25, 0.3) is 5.56 Å². The maximum absolute atomic E-state index is 13.4. The van der Waals surface area contributed by atoms with Crippen LogP contribution in [0.2, 0.25) is 0 Å². The Morgan fingerprint density at radius 2 is 1.74 bits per heavy atom. The molecule has 1 saturated heterocycles. The normalized spacial score (nSPS) is 16.2. The largest absolute Gasteiger partial charge is 0.573 e. The fourth-order valence-electron chi connectivity index (χ4n) is 4.35. The summed E-state index contributed by atoms with van der Waals surface area (Å²) in [7, 11) is 3.45. The SMILES string of the molecule is CC(C(=O)Nc1cc(-n2cnc3cc([B]OC(C)(C)C(C)(C)O)ccc3c2=O)ccc1OC(F)(F)F)N1CCN(C)CC1. The lowest BCUT2D eigenvalue weighted by atomic mass is 9.82. The summed E-state index contributed by atoms with van der Waals surface area (Å²) < 4.78 is 50.7. The van der Waals surface area contributed by atoms with Crippen molar-refractivity contribution in [3.05, 3.63) is 53.1 Å². The number of aromatic nitrogens is 2. The second kappa shape index (κ2) is 12.3. The number of hydrogen-bond donors (Lipinski definition) is 2. The number of aliphatic hydroxyl groups is 1. The van der Waals surface area contributed by atoms with Crippen LogP contribution in [-0.4, -0.2) is 94.7 Å². The van der Waals surface area contributed by atoms with Gasteiger partial charge < -0.3 is 24.7 Å². The summed E-state index contributed by atoms with van der Waals surface area (Å²) >= 11 is 0. The molecule has 4 rings (SSSR count). The van der Waals surface area contributed by atoms with Crippen molar-refractivity contribution in [2.24, 2.45) is 0 Å². The summed E-state index contributed by atoms with van der Waals surface area (Å²) in [6.45, 7) is 11.3. The summed E-state index contributed by atoms with van der Waals surface area (Å²) in [6.07, 6.45) is -3.74. The summed E-state index contributed by atoms with van der Waals surface area (Å²) in [5.41, 5.74) is -1.55. The molecule has 43 heavy (non-hydrogen) atoms. The highest BCUT2D eigenvalue weighted by atomic mass is 19.4. The average Bonchev–Trinajstić information content (AvgIpc) is 2.92. The minimum absolute atomic E-state index is 0.183. The average molecular weight is 602 g/mol. The lowest BCUT2D eigenvalue weighted by molar-refractivity contribution is -0.274. The third kappa shape index (κ3) is 7.74. The van der Waals surface area contributed by atoms with Gasteiger partial charge >= 0.3 is 13.8 Å². The Balaban J connectivity index is 1.62. The van der Waals surface area contributed by atoms with Crippen molar-refractivity contribution in [1.82, 2.24) is 19.4 Å². The number of fused-ring (bicyclic) bond motifs is 1. The molecule has 1 unspecified atom stereocenters. The van der Waals surface area contributed by atoms with E-state index in [0.717, 1.165) is 19.2 Å². The molecule has 10 nitrogen and oxygen atoms in total. The maximum atomic E-state index is 13.4.